The van der Waals surface area contributed by atoms with E-state index in [-0.39, 0.29) is 5.91 Å². The van der Waals surface area contributed by atoms with Crippen molar-refractivity contribution < 1.29 is 4.79 Å². The van der Waals surface area contributed by atoms with E-state index in [1.165, 1.54) is 12.8 Å². The highest BCUT2D eigenvalue weighted by Gasteiger charge is 2.25. The first kappa shape index (κ1) is 22.2. The SMILES string of the molecule is CC(C)CCN(Cc1nc2ccc(Cl)cc2n1C1CCCC1)C(=O)c1cccc(Cl)c1. The van der Waals surface area contributed by atoms with Crippen molar-refractivity contribution in [3.05, 3.63) is 63.9 Å². The molecule has 0 radical (unpaired) electrons. The summed E-state index contributed by atoms with van der Waals surface area (Å²) < 4.78 is 2.34. The topological polar surface area (TPSA) is 38.1 Å². The van der Waals surface area contributed by atoms with Crippen LogP contribution < -0.4 is 0 Å². The molecule has 3 aromatic rings. The number of amides is 1. The lowest BCUT2D eigenvalue weighted by atomic mass is 10.1. The highest BCUT2D eigenvalue weighted by Crippen LogP contribution is 2.35. The van der Waals surface area contributed by atoms with E-state index in [0.29, 0.717) is 40.7 Å². The molecule has 164 valence electrons. The number of halogens is 2. The van der Waals surface area contributed by atoms with E-state index in [1.54, 1.807) is 12.1 Å². The third-order valence-corrected chi connectivity index (χ3v) is 6.55. The Morgan fingerprint density at radius 1 is 1.13 bits per heavy atom. The number of rotatable bonds is 7. The van der Waals surface area contributed by atoms with Gasteiger partial charge < -0.3 is 9.47 Å². The summed E-state index contributed by atoms with van der Waals surface area (Å²) in [5.41, 5.74) is 2.61. The molecular formula is C25H29Cl2N3O. The van der Waals surface area contributed by atoms with Gasteiger partial charge >= 0.3 is 0 Å². The van der Waals surface area contributed by atoms with Crippen LogP contribution in [0.1, 0.15) is 68.2 Å². The van der Waals surface area contributed by atoms with Gasteiger partial charge in [-0.2, -0.15) is 0 Å². The zero-order valence-electron chi connectivity index (χ0n) is 18.2. The number of carbonyl (C=O) groups is 1. The van der Waals surface area contributed by atoms with E-state index in [9.17, 15) is 4.79 Å². The Morgan fingerprint density at radius 2 is 1.87 bits per heavy atom. The normalized spacial score (nSPS) is 14.6. The van der Waals surface area contributed by atoms with Gasteiger partial charge in [0.05, 0.1) is 17.6 Å². The molecule has 1 aliphatic rings. The number of hydrogen-bond acceptors (Lipinski definition) is 2. The first-order valence-electron chi connectivity index (χ1n) is 11.1. The molecule has 0 atom stereocenters. The summed E-state index contributed by atoms with van der Waals surface area (Å²) in [6.45, 7) is 5.51. The minimum Gasteiger partial charge on any atom is -0.331 e. The molecular weight excluding hydrogens is 429 g/mol. The summed E-state index contributed by atoms with van der Waals surface area (Å²) in [5.74, 6) is 1.43. The summed E-state index contributed by atoms with van der Waals surface area (Å²) in [7, 11) is 0. The second kappa shape index (κ2) is 9.62. The van der Waals surface area contributed by atoms with Crippen LogP contribution in [0.4, 0.5) is 0 Å². The fourth-order valence-corrected chi connectivity index (χ4v) is 4.80. The summed E-state index contributed by atoms with van der Waals surface area (Å²) in [4.78, 5) is 20.3. The van der Waals surface area contributed by atoms with Gasteiger partial charge in [-0.1, -0.05) is 56.0 Å². The van der Waals surface area contributed by atoms with Crippen molar-refractivity contribution in [3.63, 3.8) is 0 Å². The molecule has 0 unspecified atom stereocenters. The van der Waals surface area contributed by atoms with Crippen molar-refractivity contribution in [1.29, 1.82) is 0 Å². The van der Waals surface area contributed by atoms with Gasteiger partial charge in [0.25, 0.3) is 5.91 Å². The molecule has 4 nitrogen and oxygen atoms in total. The summed E-state index contributed by atoms with van der Waals surface area (Å²) in [6, 6.07) is 13.5. The molecule has 31 heavy (non-hydrogen) atoms. The molecule has 0 saturated heterocycles. The van der Waals surface area contributed by atoms with Gasteiger partial charge in [0, 0.05) is 28.2 Å². The molecule has 0 spiro atoms. The van der Waals surface area contributed by atoms with Crippen molar-refractivity contribution >= 4 is 40.1 Å². The smallest absolute Gasteiger partial charge is 0.254 e. The molecule has 0 bridgehead atoms. The minimum absolute atomic E-state index is 0.00814. The lowest BCUT2D eigenvalue weighted by Gasteiger charge is -2.25. The van der Waals surface area contributed by atoms with Crippen molar-refractivity contribution in [2.45, 2.75) is 58.5 Å². The lowest BCUT2D eigenvalue weighted by Crippen LogP contribution is -2.33. The number of benzene rings is 2. The largest absolute Gasteiger partial charge is 0.331 e. The fraction of sp³-hybridized carbons (Fsp3) is 0.440. The van der Waals surface area contributed by atoms with Gasteiger partial charge in [-0.3, -0.25) is 4.79 Å². The van der Waals surface area contributed by atoms with Crippen LogP contribution in [0, 0.1) is 5.92 Å². The van der Waals surface area contributed by atoms with Crippen LogP contribution in [0.5, 0.6) is 0 Å². The van der Waals surface area contributed by atoms with Crippen LogP contribution in [0.25, 0.3) is 11.0 Å². The Bertz CT molecular complexity index is 1070. The van der Waals surface area contributed by atoms with E-state index in [2.05, 4.69) is 18.4 Å². The second-order valence-corrected chi connectivity index (χ2v) is 9.76. The molecule has 1 amide bonds. The standard InChI is InChI=1S/C25H29Cl2N3O/c1-17(2)12-13-29(25(31)18-6-5-7-19(26)14-18)16-24-28-22-11-10-20(27)15-23(22)30(24)21-8-3-4-9-21/h5-7,10-11,14-15,17,21H,3-4,8-9,12-13,16H2,1-2H3. The minimum atomic E-state index is -0.00814. The predicted molar refractivity (Wildman–Crippen MR) is 128 cm³/mol. The molecule has 0 aliphatic heterocycles. The number of carbonyl (C=O) groups excluding carboxylic acids is 1. The maximum absolute atomic E-state index is 13.4. The number of aromatic nitrogens is 2. The first-order valence-corrected chi connectivity index (χ1v) is 11.9. The molecule has 4 rings (SSSR count). The number of imidazole rings is 1. The number of fused-ring (bicyclic) bond motifs is 1. The second-order valence-electron chi connectivity index (χ2n) is 8.89. The van der Waals surface area contributed by atoms with Crippen molar-refractivity contribution in [3.8, 4) is 0 Å². The molecule has 6 heteroatoms. The molecule has 1 saturated carbocycles. The van der Waals surface area contributed by atoms with Crippen LogP contribution in [0.3, 0.4) is 0 Å². The van der Waals surface area contributed by atoms with E-state index >= 15 is 0 Å². The maximum atomic E-state index is 13.4. The third-order valence-electron chi connectivity index (χ3n) is 6.08. The average Bonchev–Trinajstić information content (AvgIpc) is 3.37. The van der Waals surface area contributed by atoms with Gasteiger partial charge in [-0.25, -0.2) is 4.98 Å². The van der Waals surface area contributed by atoms with Crippen LogP contribution in [0.2, 0.25) is 10.0 Å². The van der Waals surface area contributed by atoms with Crippen LogP contribution >= 0.6 is 23.2 Å². The van der Waals surface area contributed by atoms with Gasteiger partial charge in [0.1, 0.15) is 5.82 Å². The monoisotopic (exact) mass is 457 g/mol. The van der Waals surface area contributed by atoms with E-state index in [4.69, 9.17) is 28.2 Å². The number of nitrogens with zero attached hydrogens (tertiary/aromatic N) is 3. The molecule has 1 heterocycles. The van der Waals surface area contributed by atoms with E-state index in [0.717, 1.165) is 36.1 Å². The molecule has 2 aromatic carbocycles. The van der Waals surface area contributed by atoms with Gasteiger partial charge in [-0.15, -0.1) is 0 Å². The molecule has 1 aliphatic carbocycles. The quantitative estimate of drug-likeness (QED) is 0.377. The van der Waals surface area contributed by atoms with Crippen LogP contribution in [-0.4, -0.2) is 26.9 Å². The molecule has 1 fully saturated rings. The highest BCUT2D eigenvalue weighted by molar-refractivity contribution is 6.31. The Morgan fingerprint density at radius 3 is 2.58 bits per heavy atom. The van der Waals surface area contributed by atoms with E-state index < -0.39 is 0 Å². The predicted octanol–water partition coefficient (Wildman–Crippen LogP) is 7.15. The zero-order valence-corrected chi connectivity index (χ0v) is 19.7. The Balaban J connectivity index is 1.71. The Hall–Kier alpha value is -2.04. The fourth-order valence-electron chi connectivity index (χ4n) is 4.44. The molecule has 0 N–H and O–H groups in total. The van der Waals surface area contributed by atoms with Crippen LogP contribution in [0.15, 0.2) is 42.5 Å². The van der Waals surface area contributed by atoms with Crippen molar-refractivity contribution in [1.82, 2.24) is 14.5 Å². The Labute approximate surface area is 194 Å². The first-order chi connectivity index (χ1) is 14.9. The van der Waals surface area contributed by atoms with E-state index in [1.807, 2.05) is 35.2 Å². The highest BCUT2D eigenvalue weighted by atomic mass is 35.5. The average molecular weight is 458 g/mol. The summed E-state index contributed by atoms with van der Waals surface area (Å²) >= 11 is 12.5. The molecule has 1 aromatic heterocycles. The maximum Gasteiger partial charge on any atom is 0.254 e. The number of hydrogen-bond donors (Lipinski definition) is 0. The van der Waals surface area contributed by atoms with Gasteiger partial charge in [0.15, 0.2) is 0 Å². The summed E-state index contributed by atoms with van der Waals surface area (Å²) in [5, 5.41) is 1.28. The van der Waals surface area contributed by atoms with Crippen molar-refractivity contribution in [2.75, 3.05) is 6.54 Å². The van der Waals surface area contributed by atoms with Crippen molar-refractivity contribution in [2.24, 2.45) is 5.92 Å². The third kappa shape index (κ3) is 5.07. The lowest BCUT2D eigenvalue weighted by molar-refractivity contribution is 0.0728. The van der Waals surface area contributed by atoms with Gasteiger partial charge in [-0.05, 0) is 61.6 Å². The zero-order chi connectivity index (χ0) is 22.0. The van der Waals surface area contributed by atoms with Gasteiger partial charge in [0.2, 0.25) is 0 Å². The summed E-state index contributed by atoms with van der Waals surface area (Å²) in [6.07, 6.45) is 5.66. The Kier molecular flexibility index (Phi) is 6.88. The van der Waals surface area contributed by atoms with Crippen LogP contribution in [-0.2, 0) is 6.54 Å².